The number of ether oxygens (including phenoxy) is 1. The third-order valence-electron chi connectivity index (χ3n) is 5.01. The molecule has 2 aromatic carbocycles. The van der Waals surface area contributed by atoms with Gasteiger partial charge in [0, 0.05) is 24.6 Å². The molecule has 0 unspecified atom stereocenters. The lowest BCUT2D eigenvalue weighted by atomic mass is 10.0. The zero-order valence-electron chi connectivity index (χ0n) is 15.4. The molecule has 0 N–H and O–H groups in total. The van der Waals surface area contributed by atoms with Crippen LogP contribution in [-0.4, -0.2) is 24.6 Å². The van der Waals surface area contributed by atoms with Gasteiger partial charge in [-0.05, 0) is 47.7 Å². The van der Waals surface area contributed by atoms with Crippen LogP contribution in [0.4, 0.5) is 5.82 Å². The molecule has 0 aliphatic carbocycles. The molecule has 0 fully saturated rings. The van der Waals surface area contributed by atoms with Crippen LogP contribution >= 0.6 is 0 Å². The third kappa shape index (κ3) is 3.70. The van der Waals surface area contributed by atoms with Gasteiger partial charge in [-0.15, -0.1) is 0 Å². The lowest BCUT2D eigenvalue weighted by molar-refractivity contribution is -0.134. The number of fused-ring (bicyclic) bond motifs is 2. The van der Waals surface area contributed by atoms with Crippen LogP contribution < -0.4 is 4.90 Å². The van der Waals surface area contributed by atoms with Crippen LogP contribution in [0.3, 0.4) is 0 Å². The number of hydrogen-bond donors (Lipinski definition) is 0. The van der Waals surface area contributed by atoms with Gasteiger partial charge in [0.15, 0.2) is 0 Å². The van der Waals surface area contributed by atoms with E-state index in [2.05, 4.69) is 35.2 Å². The largest absolute Gasteiger partial charge is 0.466 e. The SMILES string of the molecule is COC(=O)C=Cc1cc(N2CCCc3ccccc3C2)nc2ccccc12. The maximum absolute atomic E-state index is 11.6. The van der Waals surface area contributed by atoms with Crippen molar-refractivity contribution in [3.63, 3.8) is 0 Å². The lowest BCUT2D eigenvalue weighted by Gasteiger charge is -2.23. The van der Waals surface area contributed by atoms with Gasteiger partial charge < -0.3 is 9.64 Å². The molecule has 3 aromatic rings. The molecule has 4 heteroatoms. The summed E-state index contributed by atoms with van der Waals surface area (Å²) in [5.74, 6) is 0.580. The van der Waals surface area contributed by atoms with Crippen molar-refractivity contribution in [2.75, 3.05) is 18.6 Å². The number of anilines is 1. The number of rotatable bonds is 3. The molecule has 27 heavy (non-hydrogen) atoms. The number of aromatic nitrogens is 1. The molecule has 0 spiro atoms. The molecular weight excluding hydrogens is 336 g/mol. The second kappa shape index (κ2) is 7.62. The summed E-state index contributed by atoms with van der Waals surface area (Å²) in [6.45, 7) is 1.81. The zero-order valence-corrected chi connectivity index (χ0v) is 15.4. The number of benzene rings is 2. The van der Waals surface area contributed by atoms with Crippen molar-refractivity contribution in [3.8, 4) is 0 Å². The summed E-state index contributed by atoms with van der Waals surface area (Å²) < 4.78 is 4.73. The second-order valence-electron chi connectivity index (χ2n) is 6.74. The van der Waals surface area contributed by atoms with Crippen molar-refractivity contribution in [1.82, 2.24) is 4.98 Å². The van der Waals surface area contributed by atoms with Crippen molar-refractivity contribution >= 4 is 28.8 Å². The van der Waals surface area contributed by atoms with Crippen LogP contribution in [0.2, 0.25) is 0 Å². The van der Waals surface area contributed by atoms with Crippen LogP contribution in [0.25, 0.3) is 17.0 Å². The lowest BCUT2D eigenvalue weighted by Crippen LogP contribution is -2.23. The first-order valence-corrected chi connectivity index (χ1v) is 9.22. The molecule has 0 bridgehead atoms. The van der Waals surface area contributed by atoms with E-state index in [1.165, 1.54) is 24.3 Å². The summed E-state index contributed by atoms with van der Waals surface area (Å²) in [5.41, 5.74) is 4.68. The Morgan fingerprint density at radius 3 is 2.74 bits per heavy atom. The topological polar surface area (TPSA) is 42.4 Å². The minimum absolute atomic E-state index is 0.360. The number of hydrogen-bond acceptors (Lipinski definition) is 4. The fourth-order valence-corrected chi connectivity index (χ4v) is 3.61. The molecular formula is C23H22N2O2. The zero-order chi connectivity index (χ0) is 18.6. The summed E-state index contributed by atoms with van der Waals surface area (Å²) >= 11 is 0. The summed E-state index contributed by atoms with van der Waals surface area (Å²) in [4.78, 5) is 18.8. The molecule has 4 nitrogen and oxygen atoms in total. The minimum atomic E-state index is -0.360. The predicted octanol–water partition coefficient (Wildman–Crippen LogP) is 4.37. The number of nitrogens with zero attached hydrogens (tertiary/aromatic N) is 2. The Kier molecular flexibility index (Phi) is 4.88. The highest BCUT2D eigenvalue weighted by molar-refractivity contribution is 5.94. The monoisotopic (exact) mass is 358 g/mol. The van der Waals surface area contributed by atoms with Gasteiger partial charge in [-0.3, -0.25) is 0 Å². The van der Waals surface area contributed by atoms with Gasteiger partial charge in [-0.1, -0.05) is 42.5 Å². The van der Waals surface area contributed by atoms with E-state index < -0.39 is 0 Å². The smallest absolute Gasteiger partial charge is 0.330 e. The average molecular weight is 358 g/mol. The molecule has 1 aromatic heterocycles. The van der Waals surface area contributed by atoms with E-state index in [9.17, 15) is 4.79 Å². The Morgan fingerprint density at radius 1 is 1.11 bits per heavy atom. The highest BCUT2D eigenvalue weighted by atomic mass is 16.5. The van der Waals surface area contributed by atoms with E-state index in [-0.39, 0.29) is 5.97 Å². The molecule has 2 heterocycles. The fraction of sp³-hybridized carbons (Fsp3) is 0.217. The summed E-state index contributed by atoms with van der Waals surface area (Å²) in [5, 5.41) is 1.02. The number of carbonyl (C=O) groups excluding carboxylic acids is 1. The average Bonchev–Trinajstić information content (AvgIpc) is 2.94. The number of para-hydroxylation sites is 1. The normalized spacial score (nSPS) is 14.2. The second-order valence-corrected chi connectivity index (χ2v) is 6.74. The molecule has 136 valence electrons. The number of esters is 1. The summed E-state index contributed by atoms with van der Waals surface area (Å²) in [6, 6.07) is 18.7. The molecule has 1 aliphatic rings. The highest BCUT2D eigenvalue weighted by Gasteiger charge is 2.16. The van der Waals surface area contributed by atoms with Gasteiger partial charge in [0.05, 0.1) is 12.6 Å². The van der Waals surface area contributed by atoms with Crippen LogP contribution in [-0.2, 0) is 22.5 Å². The number of pyridine rings is 1. The van der Waals surface area contributed by atoms with Gasteiger partial charge in [-0.2, -0.15) is 0 Å². The van der Waals surface area contributed by atoms with Crippen LogP contribution in [0.1, 0.15) is 23.1 Å². The Labute approximate surface area is 159 Å². The first-order chi connectivity index (χ1) is 13.2. The predicted molar refractivity (Wildman–Crippen MR) is 109 cm³/mol. The number of aryl methyl sites for hydroxylation is 1. The highest BCUT2D eigenvalue weighted by Crippen LogP contribution is 2.27. The van der Waals surface area contributed by atoms with Crippen molar-refractivity contribution in [3.05, 3.63) is 77.4 Å². The maximum Gasteiger partial charge on any atom is 0.330 e. The standard InChI is InChI=1S/C23H22N2O2/c1-27-23(26)13-12-18-15-22(24-21-11-5-4-10-20(18)21)25-14-6-9-17-7-2-3-8-19(17)16-25/h2-5,7-8,10-13,15H,6,9,14,16H2,1H3. The van der Waals surface area contributed by atoms with Crippen LogP contribution in [0, 0.1) is 0 Å². The van der Waals surface area contributed by atoms with E-state index in [1.807, 2.05) is 30.3 Å². The van der Waals surface area contributed by atoms with Crippen LogP contribution in [0.15, 0.2) is 60.7 Å². The van der Waals surface area contributed by atoms with Gasteiger partial charge in [0.25, 0.3) is 0 Å². The van der Waals surface area contributed by atoms with E-state index >= 15 is 0 Å². The molecule has 0 saturated heterocycles. The molecule has 0 radical (unpaired) electrons. The van der Waals surface area contributed by atoms with Gasteiger partial charge in [0.1, 0.15) is 5.82 Å². The fourth-order valence-electron chi connectivity index (χ4n) is 3.61. The molecule has 0 saturated carbocycles. The van der Waals surface area contributed by atoms with Crippen LogP contribution in [0.5, 0.6) is 0 Å². The maximum atomic E-state index is 11.6. The molecule has 4 rings (SSSR count). The van der Waals surface area contributed by atoms with Gasteiger partial charge in [0.2, 0.25) is 0 Å². The molecule has 1 aliphatic heterocycles. The van der Waals surface area contributed by atoms with E-state index in [0.717, 1.165) is 48.2 Å². The van der Waals surface area contributed by atoms with E-state index in [1.54, 1.807) is 0 Å². The van der Waals surface area contributed by atoms with Gasteiger partial charge >= 0.3 is 5.97 Å². The Hall–Kier alpha value is -3.14. The summed E-state index contributed by atoms with van der Waals surface area (Å²) in [7, 11) is 1.39. The third-order valence-corrected chi connectivity index (χ3v) is 5.01. The molecule has 0 amide bonds. The van der Waals surface area contributed by atoms with Crippen molar-refractivity contribution in [2.45, 2.75) is 19.4 Å². The Balaban J connectivity index is 1.75. The molecule has 0 atom stereocenters. The number of carbonyl (C=O) groups is 1. The van der Waals surface area contributed by atoms with E-state index in [4.69, 9.17) is 9.72 Å². The van der Waals surface area contributed by atoms with Crippen molar-refractivity contribution in [1.29, 1.82) is 0 Å². The summed E-state index contributed by atoms with van der Waals surface area (Å²) in [6.07, 6.45) is 5.46. The Bertz CT molecular complexity index is 1010. The van der Waals surface area contributed by atoms with Gasteiger partial charge in [-0.25, -0.2) is 9.78 Å². The van der Waals surface area contributed by atoms with Crippen molar-refractivity contribution < 1.29 is 9.53 Å². The minimum Gasteiger partial charge on any atom is -0.466 e. The quantitative estimate of drug-likeness (QED) is 0.515. The first-order valence-electron chi connectivity index (χ1n) is 9.22. The first kappa shape index (κ1) is 17.3. The number of methoxy groups -OCH3 is 1. The van der Waals surface area contributed by atoms with E-state index in [0.29, 0.717) is 0 Å². The van der Waals surface area contributed by atoms with Crippen molar-refractivity contribution in [2.24, 2.45) is 0 Å². The Morgan fingerprint density at radius 2 is 1.89 bits per heavy atom.